The fourth-order valence-corrected chi connectivity index (χ4v) is 2.67. The molecule has 5 nitrogen and oxygen atoms in total. The van der Waals surface area contributed by atoms with Crippen LogP contribution in [-0.2, 0) is 16.1 Å². The third-order valence-corrected chi connectivity index (χ3v) is 4.49. The molecule has 0 radical (unpaired) electrons. The molecule has 0 aliphatic carbocycles. The predicted octanol–water partition coefficient (Wildman–Crippen LogP) is 3.05. The van der Waals surface area contributed by atoms with Gasteiger partial charge >= 0.3 is 0 Å². The number of nitrogens with one attached hydrogen (secondary N) is 1. The maximum atomic E-state index is 13.8. The Bertz CT molecular complexity index is 792. The van der Waals surface area contributed by atoms with E-state index in [2.05, 4.69) is 5.32 Å². The van der Waals surface area contributed by atoms with Crippen LogP contribution in [0, 0.1) is 12.7 Å². The number of benzene rings is 2. The zero-order chi connectivity index (χ0) is 20.0. The lowest BCUT2D eigenvalue weighted by molar-refractivity contribution is -0.137. The Labute approximate surface area is 159 Å². The third kappa shape index (κ3) is 5.89. The minimum atomic E-state index is -0.484. The van der Waals surface area contributed by atoms with Gasteiger partial charge in [0.1, 0.15) is 5.82 Å². The van der Waals surface area contributed by atoms with Crippen LogP contribution in [0.3, 0.4) is 0 Å². The number of aryl methyl sites for hydroxylation is 1. The molecule has 2 aromatic carbocycles. The lowest BCUT2D eigenvalue weighted by atomic mass is 10.1. The van der Waals surface area contributed by atoms with Gasteiger partial charge in [-0.3, -0.25) is 14.5 Å². The molecule has 2 aromatic rings. The minimum absolute atomic E-state index is 0.0510. The second-order valence-electron chi connectivity index (χ2n) is 6.79. The molecule has 6 heteroatoms. The van der Waals surface area contributed by atoms with E-state index < -0.39 is 6.04 Å². The summed E-state index contributed by atoms with van der Waals surface area (Å²) in [6.45, 7) is 3.97. The smallest absolute Gasteiger partial charge is 0.243 e. The Kier molecular flexibility index (Phi) is 7.07. The average molecular weight is 371 g/mol. The predicted molar refractivity (Wildman–Crippen MR) is 105 cm³/mol. The Balaban J connectivity index is 1.89. The number of hydrogen-bond donors (Lipinski definition) is 1. The molecule has 0 aliphatic rings. The summed E-state index contributed by atoms with van der Waals surface area (Å²) in [5, 5.41) is 2.77. The standard InChI is InChI=1S/C21H26FN3O2/c1-15-9-11-18(12-10-15)23-20(26)14-25(4)21(27)16(2)24(3)13-17-7-5-6-8-19(17)22/h5-12,16H,13-14H2,1-4H3,(H,23,26). The van der Waals surface area contributed by atoms with Crippen molar-refractivity contribution in [2.24, 2.45) is 0 Å². The highest BCUT2D eigenvalue weighted by Gasteiger charge is 2.23. The van der Waals surface area contributed by atoms with E-state index in [9.17, 15) is 14.0 Å². The molecule has 1 atom stereocenters. The number of carbonyl (C=O) groups excluding carboxylic acids is 2. The molecule has 0 fully saturated rings. The lowest BCUT2D eigenvalue weighted by Gasteiger charge is -2.28. The van der Waals surface area contributed by atoms with Gasteiger partial charge in [-0.2, -0.15) is 0 Å². The second-order valence-corrected chi connectivity index (χ2v) is 6.79. The summed E-state index contributed by atoms with van der Waals surface area (Å²) < 4.78 is 13.8. The number of rotatable bonds is 7. The van der Waals surface area contributed by atoms with E-state index in [1.54, 1.807) is 44.1 Å². The van der Waals surface area contributed by atoms with E-state index >= 15 is 0 Å². The van der Waals surface area contributed by atoms with Crippen molar-refractivity contribution in [3.05, 3.63) is 65.5 Å². The maximum absolute atomic E-state index is 13.8. The molecule has 144 valence electrons. The molecule has 0 aromatic heterocycles. The van der Waals surface area contributed by atoms with Gasteiger partial charge in [-0.05, 0) is 39.1 Å². The van der Waals surface area contributed by atoms with Gasteiger partial charge in [0.15, 0.2) is 0 Å². The fraction of sp³-hybridized carbons (Fsp3) is 0.333. The highest BCUT2D eigenvalue weighted by atomic mass is 19.1. The van der Waals surface area contributed by atoms with Gasteiger partial charge in [0.05, 0.1) is 12.6 Å². The number of anilines is 1. The van der Waals surface area contributed by atoms with Crippen LogP contribution in [0.1, 0.15) is 18.1 Å². The normalized spacial score (nSPS) is 11.9. The summed E-state index contributed by atoms with van der Waals surface area (Å²) in [7, 11) is 3.35. The molecular weight excluding hydrogens is 345 g/mol. The van der Waals surface area contributed by atoms with Crippen molar-refractivity contribution in [3.63, 3.8) is 0 Å². The second kappa shape index (κ2) is 9.28. The molecule has 0 aliphatic heterocycles. The zero-order valence-electron chi connectivity index (χ0n) is 16.2. The zero-order valence-corrected chi connectivity index (χ0v) is 16.2. The van der Waals surface area contributed by atoms with E-state index in [0.717, 1.165) is 5.56 Å². The van der Waals surface area contributed by atoms with E-state index in [4.69, 9.17) is 0 Å². The molecule has 1 unspecified atom stereocenters. The van der Waals surface area contributed by atoms with E-state index in [1.807, 2.05) is 31.2 Å². The Hall–Kier alpha value is -2.73. The number of carbonyl (C=O) groups is 2. The molecule has 0 bridgehead atoms. The third-order valence-electron chi connectivity index (χ3n) is 4.49. The van der Waals surface area contributed by atoms with E-state index in [0.29, 0.717) is 17.8 Å². The molecular formula is C21H26FN3O2. The maximum Gasteiger partial charge on any atom is 0.243 e. The first-order valence-electron chi connectivity index (χ1n) is 8.83. The SMILES string of the molecule is Cc1ccc(NC(=O)CN(C)C(=O)C(C)N(C)Cc2ccccc2F)cc1. The summed E-state index contributed by atoms with van der Waals surface area (Å²) in [6, 6.07) is 13.5. The van der Waals surface area contributed by atoms with E-state index in [1.165, 1.54) is 11.0 Å². The number of hydrogen-bond acceptors (Lipinski definition) is 3. The first-order chi connectivity index (χ1) is 12.8. The van der Waals surface area contributed by atoms with Gasteiger partial charge in [-0.1, -0.05) is 35.9 Å². The summed E-state index contributed by atoms with van der Waals surface area (Å²) in [5.41, 5.74) is 2.32. The van der Waals surface area contributed by atoms with Gasteiger partial charge in [0, 0.05) is 24.8 Å². The van der Waals surface area contributed by atoms with Gasteiger partial charge in [0.2, 0.25) is 11.8 Å². The van der Waals surface area contributed by atoms with Gasteiger partial charge < -0.3 is 10.2 Å². The van der Waals surface area contributed by atoms with Crippen LogP contribution >= 0.6 is 0 Å². The van der Waals surface area contributed by atoms with Crippen molar-refractivity contribution < 1.29 is 14.0 Å². The minimum Gasteiger partial charge on any atom is -0.335 e. The van der Waals surface area contributed by atoms with Crippen molar-refractivity contribution in [3.8, 4) is 0 Å². The highest BCUT2D eigenvalue weighted by Crippen LogP contribution is 2.12. The van der Waals surface area contributed by atoms with Crippen molar-refractivity contribution in [2.45, 2.75) is 26.4 Å². The first-order valence-corrected chi connectivity index (χ1v) is 8.83. The molecule has 0 heterocycles. The van der Waals surface area contributed by atoms with Crippen LogP contribution in [0.5, 0.6) is 0 Å². The summed E-state index contributed by atoms with van der Waals surface area (Å²) in [6.07, 6.45) is 0. The number of nitrogens with zero attached hydrogens (tertiary/aromatic N) is 2. The molecule has 0 saturated carbocycles. The van der Waals surface area contributed by atoms with Gasteiger partial charge in [0.25, 0.3) is 0 Å². The van der Waals surface area contributed by atoms with Gasteiger partial charge in [-0.25, -0.2) is 4.39 Å². The first kappa shape index (κ1) is 20.6. The number of halogens is 1. The van der Waals surface area contributed by atoms with Crippen molar-refractivity contribution in [1.82, 2.24) is 9.80 Å². The Morgan fingerprint density at radius 2 is 1.70 bits per heavy atom. The number of likely N-dealkylation sites (N-methyl/N-ethyl adjacent to an activating group) is 2. The molecule has 1 N–H and O–H groups in total. The average Bonchev–Trinajstić information content (AvgIpc) is 2.64. The van der Waals surface area contributed by atoms with Crippen LogP contribution < -0.4 is 5.32 Å². The van der Waals surface area contributed by atoms with Crippen LogP contribution in [0.25, 0.3) is 0 Å². The van der Waals surface area contributed by atoms with Crippen LogP contribution in [-0.4, -0.2) is 48.3 Å². The summed E-state index contributed by atoms with van der Waals surface area (Å²) in [4.78, 5) is 27.9. The van der Waals surface area contributed by atoms with Crippen LogP contribution in [0.15, 0.2) is 48.5 Å². The molecule has 27 heavy (non-hydrogen) atoms. The topological polar surface area (TPSA) is 52.7 Å². The molecule has 0 spiro atoms. The number of amides is 2. The lowest BCUT2D eigenvalue weighted by Crippen LogP contribution is -2.46. The quantitative estimate of drug-likeness (QED) is 0.814. The Morgan fingerprint density at radius 1 is 1.07 bits per heavy atom. The molecule has 2 rings (SSSR count). The van der Waals surface area contributed by atoms with E-state index in [-0.39, 0.29) is 24.2 Å². The van der Waals surface area contributed by atoms with Crippen molar-refractivity contribution in [1.29, 1.82) is 0 Å². The largest absolute Gasteiger partial charge is 0.335 e. The monoisotopic (exact) mass is 371 g/mol. The van der Waals surface area contributed by atoms with Crippen LogP contribution in [0.4, 0.5) is 10.1 Å². The highest BCUT2D eigenvalue weighted by molar-refractivity contribution is 5.95. The fourth-order valence-electron chi connectivity index (χ4n) is 2.67. The summed E-state index contributed by atoms with van der Waals surface area (Å²) in [5.74, 6) is -0.763. The van der Waals surface area contributed by atoms with Crippen LogP contribution in [0.2, 0.25) is 0 Å². The molecule has 2 amide bonds. The van der Waals surface area contributed by atoms with Crippen molar-refractivity contribution >= 4 is 17.5 Å². The van der Waals surface area contributed by atoms with Gasteiger partial charge in [-0.15, -0.1) is 0 Å². The summed E-state index contributed by atoms with van der Waals surface area (Å²) >= 11 is 0. The molecule has 0 saturated heterocycles. The Morgan fingerprint density at radius 3 is 2.33 bits per heavy atom. The van der Waals surface area contributed by atoms with Crippen molar-refractivity contribution in [2.75, 3.05) is 26.0 Å².